The Morgan fingerprint density at radius 1 is 1.19 bits per heavy atom. The SMILES string of the molecule is CN1CCN(S(=O)(=O)c2ccc(N[C@H]3CCSc4c(F)cccc43)c([N+](=O)[O-])c2)CC1. The first-order chi connectivity index (χ1) is 14.8. The van der Waals surface area contributed by atoms with Crippen LogP contribution in [-0.4, -0.2) is 61.5 Å². The number of nitro benzene ring substituents is 1. The lowest BCUT2D eigenvalue weighted by Gasteiger charge is -2.31. The second-order valence-corrected chi connectivity index (χ2v) is 10.7. The Balaban J connectivity index is 1.64. The van der Waals surface area contributed by atoms with E-state index in [0.29, 0.717) is 43.2 Å². The van der Waals surface area contributed by atoms with Crippen molar-refractivity contribution in [3.63, 3.8) is 0 Å². The highest BCUT2D eigenvalue weighted by atomic mass is 32.2. The first-order valence-electron chi connectivity index (χ1n) is 9.92. The normalized spacial score (nSPS) is 20.3. The minimum Gasteiger partial charge on any atom is -0.373 e. The van der Waals surface area contributed by atoms with Crippen LogP contribution in [0.25, 0.3) is 0 Å². The molecule has 1 saturated heterocycles. The fraction of sp³-hybridized carbons (Fsp3) is 0.400. The summed E-state index contributed by atoms with van der Waals surface area (Å²) in [6, 6.07) is 8.46. The van der Waals surface area contributed by atoms with Gasteiger partial charge in [0.25, 0.3) is 5.69 Å². The highest BCUT2D eigenvalue weighted by molar-refractivity contribution is 7.99. The van der Waals surface area contributed by atoms with E-state index in [1.807, 2.05) is 11.9 Å². The summed E-state index contributed by atoms with van der Waals surface area (Å²) in [5.41, 5.74) is 0.653. The second kappa shape index (κ2) is 8.73. The van der Waals surface area contributed by atoms with Crippen LogP contribution >= 0.6 is 11.8 Å². The highest BCUT2D eigenvalue weighted by Gasteiger charge is 2.31. The summed E-state index contributed by atoms with van der Waals surface area (Å²) < 4.78 is 41.5. The molecule has 1 atom stereocenters. The summed E-state index contributed by atoms with van der Waals surface area (Å²) in [5.74, 6) is 0.368. The molecule has 1 N–H and O–H groups in total. The van der Waals surface area contributed by atoms with Gasteiger partial charge in [0.2, 0.25) is 10.0 Å². The Morgan fingerprint density at radius 2 is 1.94 bits per heavy atom. The molecule has 0 amide bonds. The number of rotatable bonds is 5. The number of nitrogens with zero attached hydrogens (tertiary/aromatic N) is 3. The van der Waals surface area contributed by atoms with Gasteiger partial charge in [-0.2, -0.15) is 4.31 Å². The molecule has 0 radical (unpaired) electrons. The van der Waals surface area contributed by atoms with Crippen molar-refractivity contribution < 1.29 is 17.7 Å². The van der Waals surface area contributed by atoms with Gasteiger partial charge in [-0.25, -0.2) is 12.8 Å². The highest BCUT2D eigenvalue weighted by Crippen LogP contribution is 2.41. The number of sulfonamides is 1. The molecule has 2 aromatic carbocycles. The number of hydrogen-bond donors (Lipinski definition) is 1. The molecule has 11 heteroatoms. The molecule has 4 rings (SSSR count). The molecule has 2 aliphatic heterocycles. The van der Waals surface area contributed by atoms with Gasteiger partial charge in [-0.05, 0) is 37.2 Å². The van der Waals surface area contributed by atoms with Gasteiger partial charge in [0, 0.05) is 42.9 Å². The lowest BCUT2D eigenvalue weighted by molar-refractivity contribution is -0.384. The zero-order valence-electron chi connectivity index (χ0n) is 17.0. The third-order valence-electron chi connectivity index (χ3n) is 5.62. The molecule has 8 nitrogen and oxygen atoms in total. The van der Waals surface area contributed by atoms with Crippen molar-refractivity contribution in [2.75, 3.05) is 44.3 Å². The summed E-state index contributed by atoms with van der Waals surface area (Å²) in [4.78, 5) is 13.6. The number of benzene rings is 2. The fourth-order valence-corrected chi connectivity index (χ4v) is 6.43. The van der Waals surface area contributed by atoms with Gasteiger partial charge in [-0.3, -0.25) is 10.1 Å². The Hall–Kier alpha value is -2.21. The maximum Gasteiger partial charge on any atom is 0.293 e. The van der Waals surface area contributed by atoms with Crippen LogP contribution in [0.5, 0.6) is 0 Å². The zero-order valence-corrected chi connectivity index (χ0v) is 18.6. The monoisotopic (exact) mass is 466 g/mol. The van der Waals surface area contributed by atoms with Gasteiger partial charge in [0.15, 0.2) is 0 Å². The molecular weight excluding hydrogens is 443 g/mol. The number of thioether (sulfide) groups is 1. The smallest absolute Gasteiger partial charge is 0.293 e. The third kappa shape index (κ3) is 4.40. The maximum absolute atomic E-state index is 14.1. The van der Waals surface area contributed by atoms with Crippen LogP contribution in [-0.2, 0) is 10.0 Å². The molecule has 0 aliphatic carbocycles. The van der Waals surface area contributed by atoms with Gasteiger partial charge in [-0.15, -0.1) is 11.8 Å². The number of likely N-dealkylation sites (N-methyl/N-ethyl adjacent to an activating group) is 1. The van der Waals surface area contributed by atoms with E-state index in [0.717, 1.165) is 11.6 Å². The van der Waals surface area contributed by atoms with E-state index in [1.165, 1.54) is 34.3 Å². The van der Waals surface area contributed by atoms with E-state index in [9.17, 15) is 22.9 Å². The first kappa shape index (κ1) is 22.0. The Morgan fingerprint density at radius 3 is 2.65 bits per heavy atom. The van der Waals surface area contributed by atoms with E-state index in [1.54, 1.807) is 12.1 Å². The van der Waals surface area contributed by atoms with Crippen LogP contribution in [0.1, 0.15) is 18.0 Å². The van der Waals surface area contributed by atoms with Crippen LogP contribution in [0, 0.1) is 15.9 Å². The maximum atomic E-state index is 14.1. The largest absolute Gasteiger partial charge is 0.373 e. The van der Waals surface area contributed by atoms with E-state index in [2.05, 4.69) is 5.32 Å². The Labute approximate surface area is 184 Å². The Bertz CT molecular complexity index is 1100. The van der Waals surface area contributed by atoms with E-state index in [-0.39, 0.29) is 28.1 Å². The van der Waals surface area contributed by atoms with Crippen LogP contribution in [0.3, 0.4) is 0 Å². The Kier molecular flexibility index (Phi) is 6.20. The van der Waals surface area contributed by atoms with Gasteiger partial charge >= 0.3 is 0 Å². The number of piperazine rings is 1. The van der Waals surface area contributed by atoms with Gasteiger partial charge in [0.05, 0.1) is 15.9 Å². The van der Waals surface area contributed by atoms with E-state index >= 15 is 0 Å². The summed E-state index contributed by atoms with van der Waals surface area (Å²) in [6.45, 7) is 1.90. The summed E-state index contributed by atoms with van der Waals surface area (Å²) in [6.07, 6.45) is 0.666. The fourth-order valence-electron chi connectivity index (χ4n) is 3.85. The number of halogens is 1. The standard InChI is InChI=1S/C20H23FN4O4S2/c1-23-8-10-24(11-9-23)31(28,29)14-5-6-18(19(13-14)25(26)27)22-17-7-12-30-20-15(17)3-2-4-16(20)21/h2-6,13,17,22H,7-12H2,1H3/t17-/m0/s1. The lowest BCUT2D eigenvalue weighted by Crippen LogP contribution is -2.47. The summed E-state index contributed by atoms with van der Waals surface area (Å²) in [7, 11) is -1.90. The molecule has 2 aromatic rings. The minimum atomic E-state index is -3.82. The van der Waals surface area contributed by atoms with Crippen molar-refractivity contribution >= 4 is 33.2 Å². The van der Waals surface area contributed by atoms with Crippen LogP contribution in [0.15, 0.2) is 46.2 Å². The van der Waals surface area contributed by atoms with E-state index < -0.39 is 14.9 Å². The van der Waals surface area contributed by atoms with Crippen LogP contribution in [0.2, 0.25) is 0 Å². The molecule has 2 heterocycles. The predicted molar refractivity (Wildman–Crippen MR) is 117 cm³/mol. The van der Waals surface area contributed by atoms with E-state index in [4.69, 9.17) is 0 Å². The number of anilines is 1. The quantitative estimate of drug-likeness (QED) is 0.533. The molecule has 0 bridgehead atoms. The second-order valence-electron chi connectivity index (χ2n) is 7.64. The summed E-state index contributed by atoms with van der Waals surface area (Å²) in [5, 5.41) is 14.9. The number of nitro groups is 1. The van der Waals surface area contributed by atoms with Crippen molar-refractivity contribution in [3.05, 3.63) is 57.9 Å². The molecule has 2 aliphatic rings. The topological polar surface area (TPSA) is 95.8 Å². The lowest BCUT2D eigenvalue weighted by atomic mass is 10.0. The van der Waals surface area contributed by atoms with Gasteiger partial charge in [-0.1, -0.05) is 12.1 Å². The number of hydrogen-bond acceptors (Lipinski definition) is 7. The average molecular weight is 467 g/mol. The first-order valence-corrected chi connectivity index (χ1v) is 12.3. The van der Waals surface area contributed by atoms with Crippen molar-refractivity contribution in [2.24, 2.45) is 0 Å². The zero-order chi connectivity index (χ0) is 22.2. The van der Waals surface area contributed by atoms with Crippen LogP contribution < -0.4 is 5.32 Å². The molecular formula is C20H23FN4O4S2. The van der Waals surface area contributed by atoms with Crippen molar-refractivity contribution in [1.29, 1.82) is 0 Å². The third-order valence-corrected chi connectivity index (χ3v) is 8.68. The molecule has 166 valence electrons. The molecule has 0 spiro atoms. The molecule has 0 unspecified atom stereocenters. The van der Waals surface area contributed by atoms with Gasteiger partial charge in [0.1, 0.15) is 11.5 Å². The molecule has 1 fully saturated rings. The van der Waals surface area contributed by atoms with Crippen molar-refractivity contribution in [2.45, 2.75) is 22.3 Å². The molecule has 0 aromatic heterocycles. The van der Waals surface area contributed by atoms with Gasteiger partial charge < -0.3 is 10.2 Å². The predicted octanol–water partition coefficient (Wildman–Crippen LogP) is 3.32. The molecule has 31 heavy (non-hydrogen) atoms. The number of nitrogens with one attached hydrogen (secondary N) is 1. The molecule has 0 saturated carbocycles. The summed E-state index contributed by atoms with van der Waals surface area (Å²) >= 11 is 1.42. The van der Waals surface area contributed by atoms with Crippen molar-refractivity contribution in [1.82, 2.24) is 9.21 Å². The number of fused-ring (bicyclic) bond motifs is 1. The van der Waals surface area contributed by atoms with Crippen LogP contribution in [0.4, 0.5) is 15.8 Å². The minimum absolute atomic E-state index is 0.0973. The van der Waals surface area contributed by atoms with Crippen molar-refractivity contribution in [3.8, 4) is 0 Å². The average Bonchev–Trinajstić information content (AvgIpc) is 2.75.